The van der Waals surface area contributed by atoms with Crippen molar-refractivity contribution < 1.29 is 26.4 Å². The number of hydrogen-bond donors (Lipinski definition) is 1. The SMILES string of the molecule is Cc1ccc(S(=O)(=O)N2CCCCC2)cc1C(=O)NCCOc1ccc(S(=O)(=O)N2CCCC2)cc1. The van der Waals surface area contributed by atoms with Gasteiger partial charge in [-0.25, -0.2) is 16.8 Å². The van der Waals surface area contributed by atoms with Crippen LogP contribution in [0.25, 0.3) is 0 Å². The molecule has 2 fully saturated rings. The largest absolute Gasteiger partial charge is 0.492 e. The molecule has 2 aliphatic heterocycles. The number of piperidine rings is 1. The number of nitrogens with zero attached hydrogens (tertiary/aromatic N) is 2. The van der Waals surface area contributed by atoms with Gasteiger partial charge in [-0.05, 0) is 74.6 Å². The molecule has 1 N–H and O–H groups in total. The highest BCUT2D eigenvalue weighted by molar-refractivity contribution is 7.89. The maximum absolute atomic E-state index is 13.0. The molecular weight excluding hydrogens is 502 g/mol. The summed E-state index contributed by atoms with van der Waals surface area (Å²) in [6.45, 7) is 4.24. The van der Waals surface area contributed by atoms with E-state index in [1.165, 1.54) is 26.8 Å². The summed E-state index contributed by atoms with van der Waals surface area (Å²) in [5.41, 5.74) is 0.991. The minimum atomic E-state index is -3.63. The van der Waals surface area contributed by atoms with E-state index in [9.17, 15) is 21.6 Å². The van der Waals surface area contributed by atoms with E-state index in [0.29, 0.717) is 43.1 Å². The average Bonchev–Trinajstić information content (AvgIpc) is 3.44. The van der Waals surface area contributed by atoms with E-state index in [-0.39, 0.29) is 28.8 Å². The Hall–Kier alpha value is -2.47. The van der Waals surface area contributed by atoms with Gasteiger partial charge in [-0.1, -0.05) is 12.5 Å². The quantitative estimate of drug-likeness (QED) is 0.494. The number of ether oxygens (including phenoxy) is 1. The van der Waals surface area contributed by atoms with Crippen molar-refractivity contribution in [3.63, 3.8) is 0 Å². The fraction of sp³-hybridized carbons (Fsp3) is 0.480. The fourth-order valence-electron chi connectivity index (χ4n) is 4.47. The maximum Gasteiger partial charge on any atom is 0.251 e. The molecule has 0 bridgehead atoms. The minimum absolute atomic E-state index is 0.125. The van der Waals surface area contributed by atoms with E-state index in [1.54, 1.807) is 31.2 Å². The Labute approximate surface area is 213 Å². The van der Waals surface area contributed by atoms with Crippen LogP contribution in [0, 0.1) is 6.92 Å². The lowest BCUT2D eigenvalue weighted by Crippen LogP contribution is -2.36. The number of sulfonamides is 2. The predicted molar refractivity (Wildman–Crippen MR) is 136 cm³/mol. The number of nitrogens with one attached hydrogen (secondary N) is 1. The van der Waals surface area contributed by atoms with Gasteiger partial charge in [0.1, 0.15) is 12.4 Å². The van der Waals surface area contributed by atoms with Crippen LogP contribution in [0.3, 0.4) is 0 Å². The number of amides is 1. The van der Waals surface area contributed by atoms with Crippen molar-refractivity contribution in [3.8, 4) is 5.75 Å². The molecule has 2 aromatic carbocycles. The highest BCUT2D eigenvalue weighted by Crippen LogP contribution is 2.24. The van der Waals surface area contributed by atoms with E-state index in [1.807, 2.05) is 0 Å². The van der Waals surface area contributed by atoms with Crippen LogP contribution in [0.4, 0.5) is 0 Å². The number of carbonyl (C=O) groups excluding carboxylic acids is 1. The number of benzene rings is 2. The second-order valence-corrected chi connectivity index (χ2v) is 13.0. The zero-order valence-corrected chi connectivity index (χ0v) is 22.1. The van der Waals surface area contributed by atoms with E-state index >= 15 is 0 Å². The lowest BCUT2D eigenvalue weighted by atomic mass is 10.1. The molecule has 2 saturated heterocycles. The van der Waals surface area contributed by atoms with E-state index in [0.717, 1.165) is 32.1 Å². The van der Waals surface area contributed by atoms with Crippen LogP contribution in [0.15, 0.2) is 52.3 Å². The smallest absolute Gasteiger partial charge is 0.251 e. The Morgan fingerprint density at radius 1 is 0.806 bits per heavy atom. The van der Waals surface area contributed by atoms with E-state index in [4.69, 9.17) is 4.74 Å². The summed E-state index contributed by atoms with van der Waals surface area (Å²) in [5, 5.41) is 2.77. The summed E-state index contributed by atoms with van der Waals surface area (Å²) in [5.74, 6) is 0.120. The normalized spacial score (nSPS) is 17.7. The first-order valence-electron chi connectivity index (χ1n) is 12.3. The van der Waals surface area contributed by atoms with Gasteiger partial charge >= 0.3 is 0 Å². The van der Waals surface area contributed by atoms with Gasteiger partial charge in [-0.3, -0.25) is 4.79 Å². The molecule has 0 unspecified atom stereocenters. The van der Waals surface area contributed by atoms with Crippen molar-refractivity contribution in [1.82, 2.24) is 13.9 Å². The molecule has 2 heterocycles. The van der Waals surface area contributed by atoms with E-state index in [2.05, 4.69) is 5.32 Å². The van der Waals surface area contributed by atoms with Gasteiger partial charge in [0.15, 0.2) is 0 Å². The molecule has 0 aliphatic carbocycles. The van der Waals surface area contributed by atoms with Gasteiger partial charge in [0.2, 0.25) is 20.0 Å². The lowest BCUT2D eigenvalue weighted by Gasteiger charge is -2.26. The van der Waals surface area contributed by atoms with Gasteiger partial charge in [0.05, 0.1) is 16.3 Å². The monoisotopic (exact) mass is 535 g/mol. The standard InChI is InChI=1S/C25H33N3O6S2/c1-20-7-10-23(36(32,33)28-14-3-2-4-15-28)19-24(20)25(29)26-13-18-34-21-8-11-22(12-9-21)35(30,31)27-16-5-6-17-27/h7-12,19H,2-6,13-18H2,1H3,(H,26,29). The molecule has 4 rings (SSSR count). The Morgan fingerprint density at radius 3 is 1.94 bits per heavy atom. The van der Waals surface area contributed by atoms with Crippen molar-refractivity contribution in [2.24, 2.45) is 0 Å². The predicted octanol–water partition coefficient (Wildman–Crippen LogP) is 2.76. The van der Waals surface area contributed by atoms with Crippen LogP contribution in [0.1, 0.15) is 48.0 Å². The third-order valence-corrected chi connectivity index (χ3v) is 10.4. The summed E-state index contributed by atoms with van der Waals surface area (Å²) < 4.78 is 59.8. The number of hydrogen-bond acceptors (Lipinski definition) is 6. The van der Waals surface area contributed by atoms with E-state index < -0.39 is 20.0 Å². The Kier molecular flexibility index (Phi) is 8.34. The van der Waals surface area contributed by atoms with Gasteiger partial charge in [0, 0.05) is 31.7 Å². The third-order valence-electron chi connectivity index (χ3n) is 6.59. The van der Waals surface area contributed by atoms with Crippen LogP contribution in [-0.2, 0) is 20.0 Å². The molecule has 36 heavy (non-hydrogen) atoms. The summed E-state index contributed by atoms with van der Waals surface area (Å²) in [4.78, 5) is 13.1. The molecule has 0 spiro atoms. The van der Waals surface area contributed by atoms with Crippen molar-refractivity contribution >= 4 is 26.0 Å². The van der Waals surface area contributed by atoms with Crippen molar-refractivity contribution in [3.05, 3.63) is 53.6 Å². The molecule has 0 saturated carbocycles. The molecule has 11 heteroatoms. The summed E-state index contributed by atoms with van der Waals surface area (Å²) in [7, 11) is -7.11. The minimum Gasteiger partial charge on any atom is -0.492 e. The highest BCUT2D eigenvalue weighted by atomic mass is 32.2. The molecule has 0 radical (unpaired) electrons. The maximum atomic E-state index is 13.0. The van der Waals surface area contributed by atoms with Gasteiger partial charge in [-0.15, -0.1) is 0 Å². The van der Waals surface area contributed by atoms with Gasteiger partial charge in [0.25, 0.3) is 5.91 Å². The molecule has 2 aromatic rings. The summed E-state index contributed by atoms with van der Waals surface area (Å²) in [6.07, 6.45) is 4.47. The lowest BCUT2D eigenvalue weighted by molar-refractivity contribution is 0.0946. The third kappa shape index (κ3) is 5.91. The second-order valence-electron chi connectivity index (χ2n) is 9.13. The Bertz CT molecular complexity index is 1280. The zero-order chi connectivity index (χ0) is 25.8. The number of aryl methyl sites for hydroxylation is 1. The molecule has 2 aliphatic rings. The first-order chi connectivity index (χ1) is 17.2. The van der Waals surface area contributed by atoms with Crippen LogP contribution >= 0.6 is 0 Å². The fourth-order valence-corrected chi connectivity index (χ4v) is 7.54. The Morgan fingerprint density at radius 2 is 1.33 bits per heavy atom. The Balaban J connectivity index is 1.32. The molecule has 0 atom stereocenters. The molecular formula is C25H33N3O6S2. The summed E-state index contributed by atoms with van der Waals surface area (Å²) in [6, 6.07) is 10.9. The topological polar surface area (TPSA) is 113 Å². The highest BCUT2D eigenvalue weighted by Gasteiger charge is 2.28. The van der Waals surface area contributed by atoms with Crippen LogP contribution in [-0.4, -0.2) is 70.7 Å². The number of carbonyl (C=O) groups is 1. The molecule has 196 valence electrons. The molecule has 1 amide bonds. The first kappa shape index (κ1) is 26.6. The van der Waals surface area contributed by atoms with Crippen molar-refractivity contribution in [2.45, 2.75) is 48.8 Å². The van der Waals surface area contributed by atoms with Gasteiger partial charge < -0.3 is 10.1 Å². The summed E-state index contributed by atoms with van der Waals surface area (Å²) >= 11 is 0. The van der Waals surface area contributed by atoms with Crippen LogP contribution < -0.4 is 10.1 Å². The molecule has 9 nitrogen and oxygen atoms in total. The zero-order valence-electron chi connectivity index (χ0n) is 20.5. The average molecular weight is 536 g/mol. The van der Waals surface area contributed by atoms with Crippen LogP contribution in [0.5, 0.6) is 5.75 Å². The first-order valence-corrected chi connectivity index (χ1v) is 15.2. The van der Waals surface area contributed by atoms with Gasteiger partial charge in [-0.2, -0.15) is 8.61 Å². The van der Waals surface area contributed by atoms with Crippen LogP contribution in [0.2, 0.25) is 0 Å². The van der Waals surface area contributed by atoms with Crippen molar-refractivity contribution in [2.75, 3.05) is 39.3 Å². The second kappa shape index (κ2) is 11.3. The number of rotatable bonds is 9. The van der Waals surface area contributed by atoms with Crippen molar-refractivity contribution in [1.29, 1.82) is 0 Å². The molecule has 0 aromatic heterocycles.